The Morgan fingerprint density at radius 3 is 2.34 bits per heavy atom. The van der Waals surface area contributed by atoms with Crippen molar-refractivity contribution in [3.8, 4) is 0 Å². The van der Waals surface area contributed by atoms with Crippen molar-refractivity contribution in [3.05, 3.63) is 51.6 Å². The second-order valence-electron chi connectivity index (χ2n) is 16.1. The van der Waals surface area contributed by atoms with Crippen molar-refractivity contribution in [1.29, 1.82) is 0 Å². The van der Waals surface area contributed by atoms with Gasteiger partial charge in [-0.1, -0.05) is 77.1 Å². The Balaban J connectivity index is 1.36. The number of rotatable bonds is 4. The standard InChI is InChI=1S/C37H51IO3/c1-23(11-12-24-9-7-8-10-27(24)38)25-15-20-37(32(40)41)22-21-35(5)26(31(25)37)13-14-29-34(4)18-17-30(39)33(2,3)28(34)16-19-36(29,35)6/h7-12,25-26,28-31,39H,1,13-22H2,2-6H3,(H,40,41)/b12-11+/t25-,26+,28-,29+,30-,31+,34-,35+,36+,37-/m0/s1. The summed E-state index contributed by atoms with van der Waals surface area (Å²) < 4.78 is 1.22. The summed E-state index contributed by atoms with van der Waals surface area (Å²) in [6.07, 6.45) is 14.5. The number of aliphatic carboxylic acids is 1. The van der Waals surface area contributed by atoms with Gasteiger partial charge in [0.15, 0.2) is 0 Å². The lowest BCUT2D eigenvalue weighted by atomic mass is 9.32. The van der Waals surface area contributed by atoms with Gasteiger partial charge in [0, 0.05) is 3.57 Å². The maximum atomic E-state index is 13.2. The zero-order valence-corrected chi connectivity index (χ0v) is 28.0. The highest BCUT2D eigenvalue weighted by molar-refractivity contribution is 14.1. The molecule has 1 aromatic rings. The van der Waals surface area contributed by atoms with Crippen molar-refractivity contribution in [2.24, 2.45) is 56.7 Å². The first-order valence-corrected chi connectivity index (χ1v) is 17.3. The van der Waals surface area contributed by atoms with E-state index in [1.54, 1.807) is 0 Å². The number of allylic oxidation sites excluding steroid dienone is 2. The van der Waals surface area contributed by atoms with E-state index in [0.717, 1.165) is 50.5 Å². The molecule has 0 bridgehead atoms. The lowest BCUT2D eigenvalue weighted by Gasteiger charge is -2.72. The predicted octanol–water partition coefficient (Wildman–Crippen LogP) is 9.39. The second-order valence-corrected chi connectivity index (χ2v) is 17.3. The Labute approximate surface area is 261 Å². The molecular formula is C37H51IO3. The van der Waals surface area contributed by atoms with Crippen molar-refractivity contribution < 1.29 is 15.0 Å². The van der Waals surface area contributed by atoms with Crippen molar-refractivity contribution in [2.75, 3.05) is 0 Å². The van der Waals surface area contributed by atoms with Crippen LogP contribution in [0.5, 0.6) is 0 Å². The SMILES string of the molecule is C=C(/C=C/c1ccccc1I)[C@@H]1CC[C@]2(C(=O)O)CC[C@]3(C)[C@H](CC[C@@H]4[C@@]5(C)CC[C@H](O)C(C)(C)[C@@H]5CC[C@]43C)[C@@H]12. The van der Waals surface area contributed by atoms with E-state index in [0.29, 0.717) is 17.8 Å². The normalized spacial score (nSPS) is 46.7. The van der Waals surface area contributed by atoms with Gasteiger partial charge in [0.2, 0.25) is 0 Å². The third-order valence-electron chi connectivity index (χ3n) is 14.7. The van der Waals surface area contributed by atoms with E-state index in [4.69, 9.17) is 0 Å². The maximum absolute atomic E-state index is 13.2. The fraction of sp³-hybridized carbons (Fsp3) is 0.703. The predicted molar refractivity (Wildman–Crippen MR) is 175 cm³/mol. The smallest absolute Gasteiger partial charge is 0.309 e. The van der Waals surface area contributed by atoms with E-state index >= 15 is 0 Å². The molecule has 10 atom stereocenters. The summed E-state index contributed by atoms with van der Waals surface area (Å²) in [5.74, 6) is 1.39. The molecule has 41 heavy (non-hydrogen) atoms. The molecule has 0 aromatic heterocycles. The van der Waals surface area contributed by atoms with Crippen LogP contribution in [0.25, 0.3) is 6.08 Å². The molecule has 224 valence electrons. The number of halogens is 1. The van der Waals surface area contributed by atoms with Crippen LogP contribution in [0.4, 0.5) is 0 Å². The highest BCUT2D eigenvalue weighted by Gasteiger charge is 2.72. The first kappa shape index (κ1) is 29.9. The Morgan fingerprint density at radius 1 is 0.902 bits per heavy atom. The molecular weight excluding hydrogens is 619 g/mol. The van der Waals surface area contributed by atoms with Gasteiger partial charge in [0.25, 0.3) is 0 Å². The molecule has 0 heterocycles. The van der Waals surface area contributed by atoms with Crippen molar-refractivity contribution in [3.63, 3.8) is 0 Å². The highest BCUT2D eigenvalue weighted by atomic mass is 127. The maximum Gasteiger partial charge on any atom is 0.309 e. The molecule has 5 fully saturated rings. The summed E-state index contributed by atoms with van der Waals surface area (Å²) >= 11 is 2.39. The van der Waals surface area contributed by atoms with Crippen LogP contribution in [0.2, 0.25) is 0 Å². The molecule has 0 saturated heterocycles. The molecule has 5 aliphatic carbocycles. The topological polar surface area (TPSA) is 57.5 Å². The summed E-state index contributed by atoms with van der Waals surface area (Å²) in [6.45, 7) is 17.0. The van der Waals surface area contributed by atoms with E-state index in [1.807, 2.05) is 0 Å². The van der Waals surface area contributed by atoms with E-state index in [-0.39, 0.29) is 39.6 Å². The summed E-state index contributed by atoms with van der Waals surface area (Å²) in [5, 5.41) is 21.8. The van der Waals surface area contributed by atoms with Crippen LogP contribution in [0.1, 0.15) is 104 Å². The zero-order valence-electron chi connectivity index (χ0n) is 25.9. The summed E-state index contributed by atoms with van der Waals surface area (Å²) in [7, 11) is 0. The van der Waals surface area contributed by atoms with Gasteiger partial charge < -0.3 is 10.2 Å². The van der Waals surface area contributed by atoms with Crippen LogP contribution in [-0.2, 0) is 4.79 Å². The molecule has 5 saturated carbocycles. The number of hydrogen-bond acceptors (Lipinski definition) is 2. The van der Waals surface area contributed by atoms with Gasteiger partial charge in [0.05, 0.1) is 11.5 Å². The Bertz CT molecular complexity index is 1270. The molecule has 0 amide bonds. The minimum atomic E-state index is -0.617. The molecule has 4 heteroatoms. The van der Waals surface area contributed by atoms with Gasteiger partial charge in [-0.3, -0.25) is 4.79 Å². The number of benzene rings is 1. The lowest BCUT2D eigenvalue weighted by molar-refractivity contribution is -0.248. The van der Waals surface area contributed by atoms with Gasteiger partial charge in [0.1, 0.15) is 0 Å². The zero-order chi connectivity index (χ0) is 29.6. The minimum Gasteiger partial charge on any atom is -0.481 e. The van der Waals surface area contributed by atoms with Crippen LogP contribution in [-0.4, -0.2) is 22.3 Å². The monoisotopic (exact) mass is 670 g/mol. The first-order chi connectivity index (χ1) is 19.2. The molecule has 0 spiro atoms. The molecule has 2 N–H and O–H groups in total. The van der Waals surface area contributed by atoms with E-state index in [2.05, 4.69) is 100 Å². The number of carbonyl (C=O) groups is 1. The fourth-order valence-electron chi connectivity index (χ4n) is 12.3. The van der Waals surface area contributed by atoms with E-state index < -0.39 is 11.4 Å². The summed E-state index contributed by atoms with van der Waals surface area (Å²) in [5.41, 5.74) is 2.20. The van der Waals surface area contributed by atoms with Crippen LogP contribution in [0.3, 0.4) is 0 Å². The average Bonchev–Trinajstić information content (AvgIpc) is 3.32. The van der Waals surface area contributed by atoms with Gasteiger partial charge in [-0.15, -0.1) is 0 Å². The van der Waals surface area contributed by atoms with Gasteiger partial charge in [-0.25, -0.2) is 0 Å². The number of carboxylic acid groups (broad SMARTS) is 1. The average molecular weight is 671 g/mol. The lowest BCUT2D eigenvalue weighted by Crippen LogP contribution is -2.67. The minimum absolute atomic E-state index is 0.0473. The van der Waals surface area contributed by atoms with Crippen molar-refractivity contribution in [2.45, 2.75) is 105 Å². The quantitative estimate of drug-likeness (QED) is 0.248. The number of hydrogen-bond donors (Lipinski definition) is 2. The highest BCUT2D eigenvalue weighted by Crippen LogP contribution is 2.77. The van der Waals surface area contributed by atoms with Gasteiger partial charge >= 0.3 is 5.97 Å². The number of aliphatic hydroxyl groups is 1. The largest absolute Gasteiger partial charge is 0.481 e. The van der Waals surface area contributed by atoms with Crippen LogP contribution < -0.4 is 0 Å². The van der Waals surface area contributed by atoms with Gasteiger partial charge in [-0.05, 0) is 150 Å². The van der Waals surface area contributed by atoms with E-state index in [1.165, 1.54) is 28.4 Å². The second kappa shape index (κ2) is 9.94. The first-order valence-electron chi connectivity index (χ1n) is 16.3. The third kappa shape index (κ3) is 4.07. The Kier molecular flexibility index (Phi) is 7.25. The molecule has 1 aromatic carbocycles. The van der Waals surface area contributed by atoms with Gasteiger partial charge in [-0.2, -0.15) is 0 Å². The molecule has 0 unspecified atom stereocenters. The molecule has 3 nitrogen and oxygen atoms in total. The van der Waals surface area contributed by atoms with Crippen molar-refractivity contribution in [1.82, 2.24) is 0 Å². The number of aliphatic hydroxyl groups excluding tert-OH is 1. The molecule has 5 aliphatic rings. The van der Waals surface area contributed by atoms with E-state index in [9.17, 15) is 15.0 Å². The number of carboxylic acids is 1. The Hall–Kier alpha value is -1.14. The molecule has 6 rings (SSSR count). The fourth-order valence-corrected chi connectivity index (χ4v) is 12.9. The molecule has 0 aliphatic heterocycles. The Morgan fingerprint density at radius 2 is 1.63 bits per heavy atom. The van der Waals surface area contributed by atoms with Crippen LogP contribution >= 0.6 is 22.6 Å². The number of fused-ring (bicyclic) bond motifs is 7. The van der Waals surface area contributed by atoms with Crippen LogP contribution in [0, 0.1) is 60.2 Å². The third-order valence-corrected chi connectivity index (χ3v) is 15.7. The van der Waals surface area contributed by atoms with Crippen molar-refractivity contribution >= 4 is 34.6 Å². The summed E-state index contributed by atoms with van der Waals surface area (Å²) in [6, 6.07) is 8.41. The summed E-state index contributed by atoms with van der Waals surface area (Å²) in [4.78, 5) is 13.2. The molecule has 0 radical (unpaired) electrons. The van der Waals surface area contributed by atoms with Crippen LogP contribution in [0.15, 0.2) is 42.5 Å².